The van der Waals surface area contributed by atoms with Crippen molar-refractivity contribution in [2.45, 2.75) is 32.9 Å². The lowest BCUT2D eigenvalue weighted by molar-refractivity contribution is 0.207. The number of halogens is 1. The topological polar surface area (TPSA) is 43.2 Å². The Hall–Kier alpha value is -0.880. The van der Waals surface area contributed by atoms with Gasteiger partial charge in [0.2, 0.25) is 5.96 Å². The average molecular weight is 356 g/mol. The zero-order chi connectivity index (χ0) is 15.4. The molecule has 0 aromatic rings. The molecule has 0 amide bonds. The van der Waals surface area contributed by atoms with Gasteiger partial charge in [0.05, 0.1) is 0 Å². The summed E-state index contributed by atoms with van der Waals surface area (Å²) in [6, 6.07) is 0. The van der Waals surface area contributed by atoms with Crippen LogP contribution in [0.1, 0.15) is 26.7 Å². The molecule has 0 aromatic heterocycles. The summed E-state index contributed by atoms with van der Waals surface area (Å²) in [6.07, 6.45) is 4.54. The van der Waals surface area contributed by atoms with E-state index in [9.17, 15) is 0 Å². The molecule has 0 saturated carbocycles. The Morgan fingerprint density at radius 3 is 2.95 bits per heavy atom. The van der Waals surface area contributed by atoms with Crippen molar-refractivity contribution in [2.24, 2.45) is 15.9 Å². The first-order chi connectivity index (χ1) is 10.0. The Balaban J connectivity index is 2.04. The van der Waals surface area contributed by atoms with Gasteiger partial charge in [-0.2, -0.15) is 0 Å². The highest BCUT2D eigenvalue weighted by atomic mass is 79.9. The van der Waals surface area contributed by atoms with Crippen LogP contribution in [0.15, 0.2) is 20.7 Å². The summed E-state index contributed by atoms with van der Waals surface area (Å²) >= 11 is 3.64. The number of allylic oxidation sites excluding steroid dienone is 1. The molecular weight excluding hydrogens is 330 g/mol. The van der Waals surface area contributed by atoms with Gasteiger partial charge in [0, 0.05) is 35.4 Å². The van der Waals surface area contributed by atoms with Crippen LogP contribution in [0, 0.1) is 5.92 Å². The Morgan fingerprint density at radius 1 is 1.52 bits per heavy atom. The summed E-state index contributed by atoms with van der Waals surface area (Å²) in [5.74, 6) is 1.21. The van der Waals surface area contributed by atoms with Crippen molar-refractivity contribution < 1.29 is 0 Å². The summed E-state index contributed by atoms with van der Waals surface area (Å²) < 4.78 is 1.24. The van der Waals surface area contributed by atoms with E-state index in [1.807, 2.05) is 0 Å². The minimum Gasteiger partial charge on any atom is -0.356 e. The fourth-order valence-corrected chi connectivity index (χ4v) is 3.39. The molecule has 0 saturated heterocycles. The lowest BCUT2D eigenvalue weighted by Gasteiger charge is -2.42. The van der Waals surface area contributed by atoms with Crippen LogP contribution in [0.25, 0.3) is 0 Å². The molecule has 21 heavy (non-hydrogen) atoms. The third-order valence-electron chi connectivity index (χ3n) is 3.95. The Morgan fingerprint density at radius 2 is 2.29 bits per heavy atom. The van der Waals surface area contributed by atoms with Gasteiger partial charge in [-0.1, -0.05) is 15.9 Å². The normalized spacial score (nSPS) is 27.3. The zero-order valence-corrected chi connectivity index (χ0v) is 15.0. The molecule has 2 heterocycles. The van der Waals surface area contributed by atoms with Crippen LogP contribution in [0.3, 0.4) is 0 Å². The number of guanidine groups is 1. The van der Waals surface area contributed by atoms with Crippen molar-refractivity contribution in [3.8, 4) is 0 Å². The van der Waals surface area contributed by atoms with Gasteiger partial charge in [-0.3, -0.25) is 4.99 Å². The molecule has 0 fully saturated rings. The maximum absolute atomic E-state index is 4.65. The van der Waals surface area contributed by atoms with E-state index < -0.39 is 0 Å². The van der Waals surface area contributed by atoms with Crippen molar-refractivity contribution in [3.05, 3.63) is 10.7 Å². The van der Waals surface area contributed by atoms with Crippen molar-refractivity contribution in [3.63, 3.8) is 0 Å². The molecule has 0 radical (unpaired) electrons. The second kappa shape index (κ2) is 7.40. The SMILES string of the molecule is CCN1C=C(Br)CC2C(C)=NC(=NCCCN(C)C)NC21. The smallest absolute Gasteiger partial charge is 0.219 e. The van der Waals surface area contributed by atoms with Crippen LogP contribution in [0.2, 0.25) is 0 Å². The third kappa shape index (κ3) is 4.30. The van der Waals surface area contributed by atoms with Crippen LogP contribution in [-0.4, -0.2) is 61.4 Å². The lowest BCUT2D eigenvalue weighted by atomic mass is 9.92. The predicted molar refractivity (Wildman–Crippen MR) is 93.0 cm³/mol. The molecule has 2 aliphatic rings. The minimum atomic E-state index is 0.279. The van der Waals surface area contributed by atoms with Crippen molar-refractivity contribution in [1.82, 2.24) is 15.1 Å². The highest BCUT2D eigenvalue weighted by Crippen LogP contribution is 2.31. The van der Waals surface area contributed by atoms with E-state index in [0.717, 1.165) is 38.4 Å². The molecule has 2 rings (SSSR count). The van der Waals surface area contributed by atoms with E-state index in [2.05, 4.69) is 75.2 Å². The van der Waals surface area contributed by atoms with Crippen LogP contribution in [0.4, 0.5) is 0 Å². The predicted octanol–water partition coefficient (Wildman–Crippen LogP) is 2.26. The average Bonchev–Trinajstić information content (AvgIpc) is 2.43. The quantitative estimate of drug-likeness (QED) is 0.769. The molecule has 118 valence electrons. The lowest BCUT2D eigenvalue weighted by Crippen LogP contribution is -2.56. The van der Waals surface area contributed by atoms with Gasteiger partial charge in [-0.15, -0.1) is 0 Å². The molecule has 0 aliphatic carbocycles. The Kier molecular flexibility index (Phi) is 5.81. The van der Waals surface area contributed by atoms with Gasteiger partial charge in [-0.25, -0.2) is 4.99 Å². The minimum absolute atomic E-state index is 0.279. The van der Waals surface area contributed by atoms with Gasteiger partial charge < -0.3 is 15.1 Å². The number of rotatable bonds is 5. The highest BCUT2D eigenvalue weighted by Gasteiger charge is 2.35. The Bertz CT molecular complexity index is 455. The number of nitrogens with zero attached hydrogens (tertiary/aromatic N) is 4. The molecule has 5 nitrogen and oxygen atoms in total. The first kappa shape index (κ1) is 16.5. The van der Waals surface area contributed by atoms with Crippen LogP contribution in [0.5, 0.6) is 0 Å². The maximum Gasteiger partial charge on any atom is 0.219 e. The van der Waals surface area contributed by atoms with E-state index in [1.165, 1.54) is 10.2 Å². The first-order valence-electron chi connectivity index (χ1n) is 7.64. The first-order valence-corrected chi connectivity index (χ1v) is 8.43. The maximum atomic E-state index is 4.65. The van der Waals surface area contributed by atoms with E-state index in [0.29, 0.717) is 5.92 Å². The molecule has 0 spiro atoms. The summed E-state index contributed by atoms with van der Waals surface area (Å²) in [4.78, 5) is 13.8. The van der Waals surface area contributed by atoms with E-state index in [4.69, 9.17) is 0 Å². The van der Waals surface area contributed by atoms with Crippen molar-refractivity contribution >= 4 is 27.6 Å². The molecule has 2 atom stereocenters. The molecule has 2 unspecified atom stereocenters. The zero-order valence-electron chi connectivity index (χ0n) is 13.4. The number of fused-ring (bicyclic) bond motifs is 1. The van der Waals surface area contributed by atoms with Crippen molar-refractivity contribution in [2.75, 3.05) is 33.7 Å². The van der Waals surface area contributed by atoms with Gasteiger partial charge >= 0.3 is 0 Å². The molecule has 0 aromatic carbocycles. The van der Waals surface area contributed by atoms with Crippen molar-refractivity contribution in [1.29, 1.82) is 0 Å². The fraction of sp³-hybridized carbons (Fsp3) is 0.733. The third-order valence-corrected chi connectivity index (χ3v) is 4.47. The summed E-state index contributed by atoms with van der Waals surface area (Å²) in [7, 11) is 4.18. The van der Waals surface area contributed by atoms with Gasteiger partial charge in [-0.05, 0) is 47.3 Å². The van der Waals surface area contributed by atoms with E-state index in [1.54, 1.807) is 0 Å². The Labute approximate surface area is 136 Å². The molecule has 2 aliphatic heterocycles. The van der Waals surface area contributed by atoms with Crippen LogP contribution >= 0.6 is 15.9 Å². The number of hydrogen-bond donors (Lipinski definition) is 1. The fourth-order valence-electron chi connectivity index (χ4n) is 2.78. The highest BCUT2D eigenvalue weighted by molar-refractivity contribution is 9.11. The monoisotopic (exact) mass is 355 g/mol. The second-order valence-corrected chi connectivity index (χ2v) is 6.94. The largest absolute Gasteiger partial charge is 0.356 e. The summed E-state index contributed by atoms with van der Waals surface area (Å²) in [5.41, 5.74) is 1.17. The summed E-state index contributed by atoms with van der Waals surface area (Å²) in [6.45, 7) is 7.15. The molecule has 0 bridgehead atoms. The molecular formula is C15H26BrN5. The van der Waals surface area contributed by atoms with Crippen LogP contribution < -0.4 is 5.32 Å². The van der Waals surface area contributed by atoms with Crippen LogP contribution in [-0.2, 0) is 0 Å². The van der Waals surface area contributed by atoms with E-state index in [-0.39, 0.29) is 6.17 Å². The molecule has 1 N–H and O–H groups in total. The van der Waals surface area contributed by atoms with Gasteiger partial charge in [0.25, 0.3) is 0 Å². The molecule has 6 heteroatoms. The number of aliphatic imine (C=N–C) groups is 2. The standard InChI is InChI=1S/C15H26BrN5/c1-5-21-10-12(16)9-13-11(2)18-15(19-14(13)21)17-7-6-8-20(3)4/h10,13-14H,5-9H2,1-4H3,(H,17,19). The number of hydrogen-bond acceptors (Lipinski definition) is 3. The van der Waals surface area contributed by atoms with E-state index >= 15 is 0 Å². The van der Waals surface area contributed by atoms with Gasteiger partial charge in [0.1, 0.15) is 6.17 Å². The second-order valence-electron chi connectivity index (χ2n) is 5.92. The summed E-state index contributed by atoms with van der Waals surface area (Å²) in [5, 5.41) is 3.50. The van der Waals surface area contributed by atoms with Gasteiger partial charge in [0.15, 0.2) is 0 Å². The number of nitrogens with one attached hydrogen (secondary N) is 1.